The average Bonchev–Trinajstić information content (AvgIpc) is 3.12. The van der Waals surface area contributed by atoms with Crippen LogP contribution in [0.5, 0.6) is 0 Å². The summed E-state index contributed by atoms with van der Waals surface area (Å²) in [7, 11) is 0. The number of nitrogens with zero attached hydrogens (tertiary/aromatic N) is 5. The molecule has 3 aliphatic heterocycles. The standard InChI is InChI=1S/C23H41N7O6/c1-23(2,3)36-21(33)25-20(24)29-13-11-26(12-14-29)5-4-6-30-16-18(35-22(30)34)15-27-7-9-28(10-8-27)17-19(31)32/h18H,4-17H2,1-3H3,(H,31,32)(H2,24,25,33). The molecule has 0 aliphatic carbocycles. The van der Waals surface area contributed by atoms with E-state index >= 15 is 0 Å². The van der Waals surface area contributed by atoms with E-state index in [2.05, 4.69) is 15.1 Å². The first kappa shape index (κ1) is 27.9. The molecule has 13 nitrogen and oxygen atoms in total. The quantitative estimate of drug-likeness (QED) is 0.301. The van der Waals surface area contributed by atoms with Gasteiger partial charge in [-0.15, -0.1) is 0 Å². The predicted molar refractivity (Wildman–Crippen MR) is 132 cm³/mol. The highest BCUT2D eigenvalue weighted by atomic mass is 16.6. The second kappa shape index (κ2) is 12.5. The fourth-order valence-electron chi connectivity index (χ4n) is 4.62. The van der Waals surface area contributed by atoms with E-state index in [9.17, 15) is 14.4 Å². The van der Waals surface area contributed by atoms with Gasteiger partial charge < -0.3 is 24.4 Å². The molecular formula is C23H41N7O6. The molecule has 3 aliphatic rings. The van der Waals surface area contributed by atoms with Crippen molar-refractivity contribution >= 4 is 24.1 Å². The van der Waals surface area contributed by atoms with Gasteiger partial charge in [0.1, 0.15) is 11.7 Å². The Labute approximate surface area is 212 Å². The van der Waals surface area contributed by atoms with E-state index in [0.717, 1.165) is 39.1 Å². The molecule has 36 heavy (non-hydrogen) atoms. The molecule has 0 spiro atoms. The Hall–Kier alpha value is -2.64. The second-order valence-electron chi connectivity index (χ2n) is 10.6. The maximum atomic E-state index is 12.3. The molecule has 0 aromatic heterocycles. The number of alkyl carbamates (subject to hydrolysis) is 1. The summed E-state index contributed by atoms with van der Waals surface area (Å²) in [5, 5.41) is 19.5. The first-order chi connectivity index (χ1) is 17.0. The molecule has 3 fully saturated rings. The van der Waals surface area contributed by atoms with Gasteiger partial charge in [-0.1, -0.05) is 0 Å². The minimum absolute atomic E-state index is 0.0538. The lowest BCUT2D eigenvalue weighted by Gasteiger charge is -2.36. The first-order valence-corrected chi connectivity index (χ1v) is 12.7. The Morgan fingerprint density at radius 3 is 2.25 bits per heavy atom. The van der Waals surface area contributed by atoms with E-state index < -0.39 is 17.7 Å². The lowest BCUT2D eigenvalue weighted by molar-refractivity contribution is -0.138. The van der Waals surface area contributed by atoms with Gasteiger partial charge in [0.25, 0.3) is 0 Å². The molecule has 1 unspecified atom stereocenters. The van der Waals surface area contributed by atoms with Crippen molar-refractivity contribution in [2.24, 2.45) is 0 Å². The predicted octanol–water partition coefficient (Wildman–Crippen LogP) is -0.0234. The summed E-state index contributed by atoms with van der Waals surface area (Å²) in [5.74, 6) is -0.751. The minimum Gasteiger partial charge on any atom is -0.480 e. The highest BCUT2D eigenvalue weighted by molar-refractivity contribution is 5.92. The Morgan fingerprint density at radius 2 is 1.64 bits per heavy atom. The number of carbonyl (C=O) groups excluding carboxylic acids is 2. The van der Waals surface area contributed by atoms with Crippen LogP contribution in [-0.4, -0.2) is 151 Å². The van der Waals surface area contributed by atoms with Gasteiger partial charge in [0.05, 0.1) is 13.1 Å². The molecule has 3 rings (SSSR count). The van der Waals surface area contributed by atoms with Crippen LogP contribution < -0.4 is 5.32 Å². The van der Waals surface area contributed by atoms with Crippen molar-refractivity contribution in [3.63, 3.8) is 0 Å². The number of hydrogen-bond acceptors (Lipinski definition) is 9. The van der Waals surface area contributed by atoms with Crippen molar-refractivity contribution in [3.05, 3.63) is 0 Å². The van der Waals surface area contributed by atoms with Crippen LogP contribution in [-0.2, 0) is 14.3 Å². The summed E-state index contributed by atoms with van der Waals surface area (Å²) in [6.07, 6.45) is -0.207. The Balaban J connectivity index is 1.28. The number of aliphatic carboxylic acids is 1. The molecule has 1 atom stereocenters. The number of guanidine groups is 1. The molecule has 3 saturated heterocycles. The number of carboxylic acids is 1. The third-order valence-electron chi connectivity index (χ3n) is 6.45. The van der Waals surface area contributed by atoms with Crippen LogP contribution >= 0.6 is 0 Å². The third-order valence-corrected chi connectivity index (χ3v) is 6.45. The molecule has 0 radical (unpaired) electrons. The van der Waals surface area contributed by atoms with Crippen molar-refractivity contribution in [2.75, 3.05) is 85.1 Å². The molecular weight excluding hydrogens is 470 g/mol. The molecule has 204 valence electrons. The molecule has 3 N–H and O–H groups in total. The fourth-order valence-corrected chi connectivity index (χ4v) is 4.62. The van der Waals surface area contributed by atoms with Gasteiger partial charge >= 0.3 is 18.2 Å². The lowest BCUT2D eigenvalue weighted by Crippen LogP contribution is -2.53. The number of amides is 2. The lowest BCUT2D eigenvalue weighted by atomic mass is 10.2. The topological polar surface area (TPSA) is 142 Å². The van der Waals surface area contributed by atoms with Gasteiger partial charge in [-0.2, -0.15) is 0 Å². The minimum atomic E-state index is -0.805. The van der Waals surface area contributed by atoms with Crippen molar-refractivity contribution in [3.8, 4) is 0 Å². The maximum absolute atomic E-state index is 12.3. The van der Waals surface area contributed by atoms with Crippen LogP contribution in [0.25, 0.3) is 0 Å². The summed E-state index contributed by atoms with van der Waals surface area (Å²) in [5.41, 5.74) is -0.607. The molecule has 0 aromatic carbocycles. The number of cyclic esters (lactones) is 1. The highest BCUT2D eigenvalue weighted by Crippen LogP contribution is 2.15. The molecule has 3 heterocycles. The number of rotatable bonds is 8. The molecule has 0 bridgehead atoms. The van der Waals surface area contributed by atoms with Crippen molar-refractivity contribution in [1.82, 2.24) is 29.8 Å². The van der Waals surface area contributed by atoms with E-state index in [1.807, 2.05) is 9.80 Å². The monoisotopic (exact) mass is 511 g/mol. The van der Waals surface area contributed by atoms with Crippen LogP contribution in [0.15, 0.2) is 0 Å². The van der Waals surface area contributed by atoms with E-state index in [-0.39, 0.29) is 24.7 Å². The highest BCUT2D eigenvalue weighted by Gasteiger charge is 2.33. The van der Waals surface area contributed by atoms with E-state index in [1.54, 1.807) is 25.7 Å². The van der Waals surface area contributed by atoms with Gasteiger partial charge in [-0.3, -0.25) is 30.2 Å². The molecule has 13 heteroatoms. The summed E-state index contributed by atoms with van der Waals surface area (Å²) < 4.78 is 10.8. The third kappa shape index (κ3) is 9.10. The van der Waals surface area contributed by atoms with Crippen LogP contribution in [0.2, 0.25) is 0 Å². The van der Waals surface area contributed by atoms with E-state index in [0.29, 0.717) is 45.8 Å². The summed E-state index contributed by atoms with van der Waals surface area (Å²) >= 11 is 0. The normalized spacial score (nSPS) is 22.4. The van der Waals surface area contributed by atoms with Crippen LogP contribution in [0.1, 0.15) is 27.2 Å². The van der Waals surface area contributed by atoms with Gasteiger partial charge in [-0.25, -0.2) is 9.59 Å². The smallest absolute Gasteiger partial charge is 0.414 e. The number of carboxylic acid groups (broad SMARTS) is 1. The number of ether oxygens (including phenoxy) is 2. The van der Waals surface area contributed by atoms with Gasteiger partial charge in [0.2, 0.25) is 5.96 Å². The number of carbonyl (C=O) groups is 3. The Kier molecular flexibility index (Phi) is 9.74. The Morgan fingerprint density at radius 1 is 1.03 bits per heavy atom. The van der Waals surface area contributed by atoms with Crippen molar-refractivity contribution < 1.29 is 29.0 Å². The molecule has 0 aromatic rings. The Bertz CT molecular complexity index is 788. The maximum Gasteiger partial charge on any atom is 0.414 e. The van der Waals surface area contributed by atoms with Gasteiger partial charge in [-0.05, 0) is 33.7 Å². The zero-order valence-electron chi connectivity index (χ0n) is 21.7. The molecule has 0 saturated carbocycles. The van der Waals surface area contributed by atoms with Crippen LogP contribution in [0.3, 0.4) is 0 Å². The summed E-state index contributed by atoms with van der Waals surface area (Å²) in [6, 6.07) is 0. The van der Waals surface area contributed by atoms with Crippen molar-refractivity contribution in [1.29, 1.82) is 5.41 Å². The number of nitrogens with one attached hydrogen (secondary N) is 2. The molecule has 2 amide bonds. The van der Waals surface area contributed by atoms with Crippen LogP contribution in [0.4, 0.5) is 9.59 Å². The number of piperazine rings is 2. The zero-order valence-corrected chi connectivity index (χ0v) is 21.7. The average molecular weight is 512 g/mol. The van der Waals surface area contributed by atoms with Gasteiger partial charge in [0, 0.05) is 65.4 Å². The SMILES string of the molecule is CC(C)(C)OC(=O)NC(=N)N1CCN(CCCN2CC(CN3CCN(CC(=O)O)CC3)OC2=O)CC1. The van der Waals surface area contributed by atoms with E-state index in [4.69, 9.17) is 20.0 Å². The van der Waals surface area contributed by atoms with E-state index in [1.165, 1.54) is 0 Å². The van der Waals surface area contributed by atoms with Gasteiger partial charge in [0.15, 0.2) is 0 Å². The first-order valence-electron chi connectivity index (χ1n) is 12.7. The largest absolute Gasteiger partial charge is 0.480 e. The fraction of sp³-hybridized carbons (Fsp3) is 0.826. The summed E-state index contributed by atoms with van der Waals surface area (Å²) in [6.45, 7) is 14.0. The van der Waals surface area contributed by atoms with Crippen molar-refractivity contribution in [2.45, 2.75) is 38.9 Å². The zero-order chi connectivity index (χ0) is 26.3. The van der Waals surface area contributed by atoms with Crippen LogP contribution in [0, 0.1) is 5.41 Å². The summed E-state index contributed by atoms with van der Waals surface area (Å²) in [4.78, 5) is 45.1. The second-order valence-corrected chi connectivity index (χ2v) is 10.6. The number of hydrogen-bond donors (Lipinski definition) is 3.